The van der Waals surface area contributed by atoms with E-state index >= 15 is 0 Å². The maximum Gasteiger partial charge on any atom is 0.225 e. The van der Waals surface area contributed by atoms with Crippen LogP contribution in [0.25, 0.3) is 11.3 Å². The lowest BCUT2D eigenvalue weighted by atomic mass is 10.2. The van der Waals surface area contributed by atoms with E-state index in [-0.39, 0.29) is 12.4 Å². The zero-order chi connectivity index (χ0) is 17.5. The fraction of sp³-hybridized carbons (Fsp3) is 0.167. The summed E-state index contributed by atoms with van der Waals surface area (Å²) in [5.41, 5.74) is 2.29. The number of halogens is 1. The number of aliphatic hydroxyl groups is 1. The van der Waals surface area contributed by atoms with Crippen molar-refractivity contribution in [1.29, 1.82) is 0 Å². The van der Waals surface area contributed by atoms with Crippen LogP contribution < -0.4 is 10.6 Å². The lowest BCUT2D eigenvalue weighted by Crippen LogP contribution is -2.08. The van der Waals surface area contributed by atoms with Crippen molar-refractivity contribution in [2.75, 3.05) is 23.8 Å². The minimum atomic E-state index is -0.296. The highest BCUT2D eigenvalue weighted by molar-refractivity contribution is 5.66. The van der Waals surface area contributed by atoms with Crippen LogP contribution in [-0.2, 0) is 0 Å². The van der Waals surface area contributed by atoms with E-state index < -0.39 is 0 Å². The van der Waals surface area contributed by atoms with Crippen molar-refractivity contribution in [1.82, 2.24) is 15.0 Å². The van der Waals surface area contributed by atoms with Crippen LogP contribution >= 0.6 is 0 Å². The molecule has 0 unspecified atom stereocenters. The first-order valence-corrected chi connectivity index (χ1v) is 7.91. The summed E-state index contributed by atoms with van der Waals surface area (Å²) >= 11 is 0. The highest BCUT2D eigenvalue weighted by atomic mass is 19.1. The second kappa shape index (κ2) is 8.16. The first kappa shape index (κ1) is 16.8. The Kier molecular flexibility index (Phi) is 5.48. The van der Waals surface area contributed by atoms with Crippen molar-refractivity contribution in [3.8, 4) is 11.3 Å². The van der Waals surface area contributed by atoms with Crippen LogP contribution in [0.15, 0.2) is 54.9 Å². The molecule has 0 atom stereocenters. The highest BCUT2D eigenvalue weighted by Gasteiger charge is 2.07. The summed E-state index contributed by atoms with van der Waals surface area (Å²) in [5, 5.41) is 15.1. The molecule has 0 radical (unpaired) electrons. The minimum absolute atomic E-state index is 0.0932. The van der Waals surface area contributed by atoms with Crippen molar-refractivity contribution < 1.29 is 9.50 Å². The third kappa shape index (κ3) is 4.71. The van der Waals surface area contributed by atoms with Crippen molar-refractivity contribution in [3.05, 3.63) is 60.7 Å². The average Bonchev–Trinajstić information content (AvgIpc) is 2.64. The largest absolute Gasteiger partial charge is 0.396 e. The Morgan fingerprint density at radius 2 is 1.92 bits per heavy atom. The highest BCUT2D eigenvalue weighted by Crippen LogP contribution is 2.23. The predicted octanol–water partition coefficient (Wildman–Crippen LogP) is 3.22. The normalized spacial score (nSPS) is 10.5. The third-order valence-electron chi connectivity index (χ3n) is 3.42. The van der Waals surface area contributed by atoms with Crippen LogP contribution in [0.5, 0.6) is 0 Å². The molecule has 3 N–H and O–H groups in total. The second-order valence-electron chi connectivity index (χ2n) is 5.34. The fourth-order valence-corrected chi connectivity index (χ4v) is 2.21. The maximum absolute atomic E-state index is 13.1. The molecule has 1 aromatic carbocycles. The molecule has 0 amide bonds. The number of pyridine rings is 1. The molecule has 2 heterocycles. The first-order valence-electron chi connectivity index (χ1n) is 7.91. The summed E-state index contributed by atoms with van der Waals surface area (Å²) in [5.74, 6) is 0.724. The number of rotatable bonds is 7. The van der Waals surface area contributed by atoms with Crippen LogP contribution in [-0.4, -0.2) is 33.2 Å². The second-order valence-corrected chi connectivity index (χ2v) is 5.34. The molecule has 0 aliphatic heterocycles. The SMILES string of the molecule is OCCCNc1nc(Nc2ccc(F)cc2)cc(-c2cccnc2)n1. The Labute approximate surface area is 144 Å². The number of nitrogens with one attached hydrogen (secondary N) is 2. The third-order valence-corrected chi connectivity index (χ3v) is 3.42. The lowest BCUT2D eigenvalue weighted by molar-refractivity contribution is 0.292. The van der Waals surface area contributed by atoms with E-state index in [1.54, 1.807) is 30.6 Å². The van der Waals surface area contributed by atoms with E-state index in [1.165, 1.54) is 12.1 Å². The molecule has 7 heteroatoms. The van der Waals surface area contributed by atoms with Crippen molar-refractivity contribution in [2.24, 2.45) is 0 Å². The van der Waals surface area contributed by atoms with Gasteiger partial charge in [-0.2, -0.15) is 4.98 Å². The number of benzene rings is 1. The molecule has 3 aromatic rings. The van der Waals surface area contributed by atoms with Gasteiger partial charge in [-0.1, -0.05) is 0 Å². The van der Waals surface area contributed by atoms with Crippen molar-refractivity contribution >= 4 is 17.5 Å². The summed E-state index contributed by atoms with van der Waals surface area (Å²) in [6.45, 7) is 0.652. The Bertz CT molecular complexity index is 811. The summed E-state index contributed by atoms with van der Waals surface area (Å²) in [4.78, 5) is 13.0. The van der Waals surface area contributed by atoms with Gasteiger partial charge in [0.1, 0.15) is 11.6 Å². The van der Waals surface area contributed by atoms with Gasteiger partial charge in [0.25, 0.3) is 0 Å². The smallest absolute Gasteiger partial charge is 0.225 e. The van der Waals surface area contributed by atoms with Crippen LogP contribution in [0.2, 0.25) is 0 Å². The molecular weight excluding hydrogens is 321 g/mol. The van der Waals surface area contributed by atoms with Gasteiger partial charge in [0.05, 0.1) is 5.69 Å². The van der Waals surface area contributed by atoms with Gasteiger partial charge in [0.15, 0.2) is 0 Å². The van der Waals surface area contributed by atoms with E-state index in [1.807, 2.05) is 12.1 Å². The van der Waals surface area contributed by atoms with Gasteiger partial charge in [-0.3, -0.25) is 4.98 Å². The van der Waals surface area contributed by atoms with Crippen LogP contribution in [0.4, 0.5) is 21.8 Å². The molecule has 6 nitrogen and oxygen atoms in total. The van der Waals surface area contributed by atoms with Crippen molar-refractivity contribution in [3.63, 3.8) is 0 Å². The fourth-order valence-electron chi connectivity index (χ4n) is 2.21. The number of nitrogens with zero attached hydrogens (tertiary/aromatic N) is 3. The number of aromatic nitrogens is 3. The summed E-state index contributed by atoms with van der Waals surface area (Å²) in [6, 6.07) is 11.6. The molecule has 0 aliphatic carbocycles. The van der Waals surface area contributed by atoms with Gasteiger partial charge in [0.2, 0.25) is 5.95 Å². The molecule has 0 saturated heterocycles. The quantitative estimate of drug-likeness (QED) is 0.573. The summed E-state index contributed by atoms with van der Waals surface area (Å²) < 4.78 is 13.1. The zero-order valence-corrected chi connectivity index (χ0v) is 13.5. The zero-order valence-electron chi connectivity index (χ0n) is 13.5. The van der Waals surface area contributed by atoms with E-state index in [0.29, 0.717) is 30.4 Å². The molecule has 0 fully saturated rings. The van der Waals surface area contributed by atoms with Gasteiger partial charge in [-0.25, -0.2) is 9.37 Å². The Morgan fingerprint density at radius 3 is 2.64 bits per heavy atom. The monoisotopic (exact) mass is 339 g/mol. The molecule has 2 aromatic heterocycles. The molecule has 3 rings (SSSR count). The number of hydrogen-bond acceptors (Lipinski definition) is 6. The molecule has 0 bridgehead atoms. The Morgan fingerprint density at radius 1 is 1.08 bits per heavy atom. The molecule has 128 valence electrons. The van der Waals surface area contributed by atoms with Gasteiger partial charge in [0, 0.05) is 42.9 Å². The van der Waals surface area contributed by atoms with Crippen LogP contribution in [0.3, 0.4) is 0 Å². The summed E-state index contributed by atoms with van der Waals surface area (Å²) in [7, 11) is 0. The molecule has 0 aliphatic rings. The molecular formula is C18H18FN5O. The predicted molar refractivity (Wildman–Crippen MR) is 95.1 cm³/mol. The van der Waals surface area contributed by atoms with Crippen molar-refractivity contribution in [2.45, 2.75) is 6.42 Å². The molecule has 0 spiro atoms. The Balaban J connectivity index is 1.89. The Hall–Kier alpha value is -3.06. The van der Waals surface area contributed by atoms with E-state index in [2.05, 4.69) is 25.6 Å². The van der Waals surface area contributed by atoms with Crippen LogP contribution in [0, 0.1) is 5.82 Å². The van der Waals surface area contributed by atoms with Gasteiger partial charge >= 0.3 is 0 Å². The van der Waals surface area contributed by atoms with Gasteiger partial charge < -0.3 is 15.7 Å². The van der Waals surface area contributed by atoms with Gasteiger partial charge in [-0.05, 0) is 42.8 Å². The minimum Gasteiger partial charge on any atom is -0.396 e. The standard InChI is InChI=1S/C18H18FN5O/c19-14-4-6-15(7-5-14)22-17-11-16(13-3-1-8-20-12-13)23-18(24-17)21-9-2-10-25/h1,3-8,11-12,25H,2,9-10H2,(H2,21,22,23,24). The lowest BCUT2D eigenvalue weighted by Gasteiger charge is -2.11. The first-order chi connectivity index (χ1) is 12.2. The van der Waals surface area contributed by atoms with E-state index in [0.717, 1.165) is 11.3 Å². The molecule has 0 saturated carbocycles. The topological polar surface area (TPSA) is 83.0 Å². The van der Waals surface area contributed by atoms with E-state index in [4.69, 9.17) is 5.11 Å². The number of aliphatic hydroxyl groups excluding tert-OH is 1. The van der Waals surface area contributed by atoms with Crippen LogP contribution in [0.1, 0.15) is 6.42 Å². The summed E-state index contributed by atoms with van der Waals surface area (Å²) in [6.07, 6.45) is 4.02. The number of anilines is 3. The average molecular weight is 339 g/mol. The van der Waals surface area contributed by atoms with Gasteiger partial charge in [-0.15, -0.1) is 0 Å². The van der Waals surface area contributed by atoms with E-state index in [9.17, 15) is 4.39 Å². The molecule has 25 heavy (non-hydrogen) atoms. The maximum atomic E-state index is 13.1. The number of hydrogen-bond donors (Lipinski definition) is 3.